The minimum atomic E-state index is -1.07. The number of pyridine rings is 1. The topological polar surface area (TPSA) is 70.5 Å². The fourth-order valence-corrected chi connectivity index (χ4v) is 3.03. The molecule has 0 aromatic carbocycles. The van der Waals surface area contributed by atoms with Crippen molar-refractivity contribution in [3.8, 4) is 0 Å². The summed E-state index contributed by atoms with van der Waals surface area (Å²) in [5, 5.41) is 10.2. The number of amides is 1. The highest BCUT2D eigenvalue weighted by molar-refractivity contribution is 8.03. The summed E-state index contributed by atoms with van der Waals surface area (Å²) < 4.78 is 0. The van der Waals surface area contributed by atoms with Gasteiger partial charge in [-0.25, -0.2) is 4.79 Å². The van der Waals surface area contributed by atoms with Gasteiger partial charge >= 0.3 is 5.97 Å². The van der Waals surface area contributed by atoms with E-state index in [0.717, 1.165) is 5.56 Å². The molecule has 6 heteroatoms. The maximum atomic E-state index is 11.9. The van der Waals surface area contributed by atoms with Crippen LogP contribution in [0.15, 0.2) is 41.2 Å². The third kappa shape index (κ3) is 1.53. The first-order valence-corrected chi connectivity index (χ1v) is 6.17. The first-order valence-electron chi connectivity index (χ1n) is 5.22. The summed E-state index contributed by atoms with van der Waals surface area (Å²) >= 11 is 1.33. The molecule has 18 heavy (non-hydrogen) atoms. The number of carboxylic acid groups (broad SMARTS) is 1. The van der Waals surface area contributed by atoms with E-state index in [1.54, 1.807) is 24.5 Å². The molecule has 1 N–H and O–H groups in total. The number of fused-ring (bicyclic) bond motifs is 1. The normalized spacial score (nSPS) is 23.7. The molecule has 5 nitrogen and oxygen atoms in total. The van der Waals surface area contributed by atoms with E-state index in [1.165, 1.54) is 22.1 Å². The molecule has 2 aliphatic heterocycles. The first kappa shape index (κ1) is 11.0. The second-order valence-electron chi connectivity index (χ2n) is 3.86. The van der Waals surface area contributed by atoms with Crippen LogP contribution in [0, 0.1) is 0 Å². The lowest BCUT2D eigenvalue weighted by Crippen LogP contribution is -2.51. The van der Waals surface area contributed by atoms with Crippen LogP contribution in [0.5, 0.6) is 0 Å². The van der Waals surface area contributed by atoms with Crippen LogP contribution in [0.1, 0.15) is 5.56 Å². The minimum absolute atomic E-state index is 0.0540. The summed E-state index contributed by atoms with van der Waals surface area (Å²) in [6.07, 6.45) is 5.07. The third-order valence-corrected chi connectivity index (χ3v) is 3.84. The highest BCUT2D eigenvalue weighted by atomic mass is 32.2. The summed E-state index contributed by atoms with van der Waals surface area (Å²) in [5.41, 5.74) is 1.50. The molecule has 3 rings (SSSR count). The van der Waals surface area contributed by atoms with E-state index in [-0.39, 0.29) is 17.0 Å². The Kier molecular flexibility index (Phi) is 2.45. The van der Waals surface area contributed by atoms with Gasteiger partial charge < -0.3 is 5.11 Å². The summed E-state index contributed by atoms with van der Waals surface area (Å²) in [6, 6.07) is 3.64. The van der Waals surface area contributed by atoms with E-state index in [2.05, 4.69) is 4.98 Å². The lowest BCUT2D eigenvalue weighted by molar-refractivity contribution is -0.141. The smallest absolute Gasteiger partial charge is 0.353 e. The molecule has 1 aromatic rings. The number of aliphatic carboxylic acids is 1. The maximum Gasteiger partial charge on any atom is 0.353 e. The second-order valence-corrected chi connectivity index (χ2v) is 4.81. The van der Waals surface area contributed by atoms with Gasteiger partial charge in [0.1, 0.15) is 11.1 Å². The standard InChI is InChI=1S/C12H8N2O3S/c15-10-8(4-7-2-1-3-13-5-7)11-14(10)9(6-18-11)12(16)17/h1-6,11H,(H,16,17). The number of hydrogen-bond acceptors (Lipinski definition) is 4. The number of carbonyl (C=O) groups is 2. The Balaban J connectivity index is 1.87. The van der Waals surface area contributed by atoms with Crippen LogP contribution in [0.3, 0.4) is 0 Å². The number of rotatable bonds is 2. The first-order chi connectivity index (χ1) is 8.68. The number of aromatic nitrogens is 1. The van der Waals surface area contributed by atoms with Gasteiger partial charge in [-0.05, 0) is 17.7 Å². The zero-order chi connectivity index (χ0) is 12.7. The average molecular weight is 260 g/mol. The predicted molar refractivity (Wildman–Crippen MR) is 66.2 cm³/mol. The Morgan fingerprint density at radius 3 is 3.06 bits per heavy atom. The van der Waals surface area contributed by atoms with Crippen LogP contribution < -0.4 is 0 Å². The summed E-state index contributed by atoms with van der Waals surface area (Å²) in [5.74, 6) is -1.32. The Bertz CT molecular complexity index is 595. The Hall–Kier alpha value is -2.08. The van der Waals surface area contributed by atoms with Crippen molar-refractivity contribution in [2.24, 2.45) is 0 Å². The van der Waals surface area contributed by atoms with Crippen molar-refractivity contribution in [1.29, 1.82) is 0 Å². The van der Waals surface area contributed by atoms with Crippen LogP contribution >= 0.6 is 11.8 Å². The molecule has 1 atom stereocenters. The highest BCUT2D eigenvalue weighted by Gasteiger charge is 2.49. The number of carboxylic acids is 1. The molecule has 1 unspecified atom stereocenters. The number of hydrogen-bond donors (Lipinski definition) is 1. The summed E-state index contributed by atoms with van der Waals surface area (Å²) in [4.78, 5) is 28.0. The molecular formula is C12H8N2O3S. The zero-order valence-corrected chi connectivity index (χ0v) is 9.92. The van der Waals surface area contributed by atoms with E-state index >= 15 is 0 Å². The molecule has 0 saturated carbocycles. The van der Waals surface area contributed by atoms with E-state index in [1.807, 2.05) is 6.07 Å². The fourth-order valence-electron chi connectivity index (χ4n) is 1.91. The molecule has 1 aromatic heterocycles. The van der Waals surface area contributed by atoms with Crippen molar-refractivity contribution in [2.75, 3.05) is 0 Å². The molecule has 0 bridgehead atoms. The Labute approximate surface area is 107 Å². The number of β-lactam (4-membered cyclic amide) rings is 1. The predicted octanol–water partition coefficient (Wildman–Crippen LogP) is 1.31. The summed E-state index contributed by atoms with van der Waals surface area (Å²) in [6.45, 7) is 0. The number of thioether (sulfide) groups is 1. The molecule has 90 valence electrons. The van der Waals surface area contributed by atoms with Crippen LogP contribution in [0.4, 0.5) is 0 Å². The second kappa shape index (κ2) is 3.99. The van der Waals surface area contributed by atoms with Gasteiger partial charge in [-0.2, -0.15) is 0 Å². The van der Waals surface area contributed by atoms with E-state index in [4.69, 9.17) is 5.11 Å². The molecular weight excluding hydrogens is 252 g/mol. The quantitative estimate of drug-likeness (QED) is 0.641. The van der Waals surface area contributed by atoms with E-state index < -0.39 is 5.97 Å². The minimum Gasteiger partial charge on any atom is -0.477 e. The van der Waals surface area contributed by atoms with Crippen molar-refractivity contribution in [3.05, 3.63) is 46.8 Å². The molecule has 2 aliphatic rings. The fraction of sp³-hybridized carbons (Fsp3) is 0.0833. The number of carbonyl (C=O) groups excluding carboxylic acids is 1. The van der Waals surface area contributed by atoms with E-state index in [0.29, 0.717) is 5.57 Å². The van der Waals surface area contributed by atoms with Crippen molar-refractivity contribution in [3.63, 3.8) is 0 Å². The molecule has 1 amide bonds. The number of nitrogens with zero attached hydrogens (tertiary/aromatic N) is 2. The molecule has 3 heterocycles. The van der Waals surface area contributed by atoms with Gasteiger partial charge in [0.15, 0.2) is 0 Å². The van der Waals surface area contributed by atoms with Gasteiger partial charge in [-0.1, -0.05) is 6.07 Å². The van der Waals surface area contributed by atoms with E-state index in [9.17, 15) is 9.59 Å². The van der Waals surface area contributed by atoms with Crippen LogP contribution in [-0.4, -0.2) is 32.2 Å². The van der Waals surface area contributed by atoms with Crippen molar-refractivity contribution < 1.29 is 14.7 Å². The monoisotopic (exact) mass is 260 g/mol. The van der Waals surface area contributed by atoms with Crippen LogP contribution in [-0.2, 0) is 9.59 Å². The van der Waals surface area contributed by atoms with Crippen LogP contribution in [0.25, 0.3) is 6.08 Å². The Morgan fingerprint density at radius 1 is 1.56 bits per heavy atom. The van der Waals surface area contributed by atoms with Gasteiger partial charge in [-0.3, -0.25) is 14.7 Å². The molecule has 0 spiro atoms. The molecule has 0 aliphatic carbocycles. The molecule has 1 saturated heterocycles. The summed E-state index contributed by atoms with van der Waals surface area (Å²) in [7, 11) is 0. The van der Waals surface area contributed by atoms with Crippen molar-refractivity contribution >= 4 is 29.7 Å². The third-order valence-electron chi connectivity index (χ3n) is 2.76. The Morgan fingerprint density at radius 2 is 2.39 bits per heavy atom. The van der Waals surface area contributed by atoms with Gasteiger partial charge in [0.2, 0.25) is 0 Å². The molecule has 0 radical (unpaired) electrons. The lowest BCUT2D eigenvalue weighted by Gasteiger charge is -2.37. The van der Waals surface area contributed by atoms with Gasteiger partial charge in [0, 0.05) is 17.8 Å². The van der Waals surface area contributed by atoms with Crippen LogP contribution in [0.2, 0.25) is 0 Å². The SMILES string of the molecule is O=C(O)C1=CSC2C(=Cc3cccnc3)C(=O)N12. The van der Waals surface area contributed by atoms with Gasteiger partial charge in [0.25, 0.3) is 5.91 Å². The van der Waals surface area contributed by atoms with Gasteiger partial charge in [0.05, 0.1) is 5.57 Å². The largest absolute Gasteiger partial charge is 0.477 e. The van der Waals surface area contributed by atoms with Crippen molar-refractivity contribution in [1.82, 2.24) is 9.88 Å². The van der Waals surface area contributed by atoms with Gasteiger partial charge in [-0.15, -0.1) is 11.8 Å². The molecule has 1 fully saturated rings. The average Bonchev–Trinajstić information content (AvgIpc) is 2.77. The zero-order valence-electron chi connectivity index (χ0n) is 9.11. The lowest BCUT2D eigenvalue weighted by atomic mass is 10.0. The van der Waals surface area contributed by atoms with Crippen molar-refractivity contribution in [2.45, 2.75) is 5.37 Å². The highest BCUT2D eigenvalue weighted by Crippen LogP contribution is 2.44. The maximum absolute atomic E-state index is 11.9.